The minimum absolute atomic E-state index is 0.206. The average Bonchev–Trinajstić information content (AvgIpc) is 3.18. The number of pyridine rings is 1. The highest BCUT2D eigenvalue weighted by Gasteiger charge is 2.37. The molecule has 0 saturated carbocycles. The zero-order valence-electron chi connectivity index (χ0n) is 12.7. The van der Waals surface area contributed by atoms with Gasteiger partial charge in [0.15, 0.2) is 0 Å². The van der Waals surface area contributed by atoms with E-state index in [4.69, 9.17) is 12.3 Å². The van der Waals surface area contributed by atoms with E-state index in [0.29, 0.717) is 18.8 Å². The number of nitrogens with zero attached hydrogens (tertiary/aromatic N) is 5. The van der Waals surface area contributed by atoms with Crippen molar-refractivity contribution in [1.29, 1.82) is 0 Å². The summed E-state index contributed by atoms with van der Waals surface area (Å²) in [4.78, 5) is 21.2. The van der Waals surface area contributed by atoms with Crippen molar-refractivity contribution in [3.63, 3.8) is 0 Å². The lowest BCUT2D eigenvalue weighted by molar-refractivity contribution is 0.192. The van der Waals surface area contributed by atoms with E-state index in [1.54, 1.807) is 18.5 Å². The van der Waals surface area contributed by atoms with Crippen LogP contribution in [0, 0.1) is 6.57 Å². The highest BCUT2D eigenvalue weighted by molar-refractivity contribution is 6.02. The van der Waals surface area contributed by atoms with E-state index in [-0.39, 0.29) is 5.95 Å². The smallest absolute Gasteiger partial charge is 0.267 e. The Morgan fingerprint density at radius 1 is 1.29 bits per heavy atom. The molecule has 3 aromatic rings. The van der Waals surface area contributed by atoms with E-state index in [0.717, 1.165) is 22.3 Å². The molecule has 0 radical (unpaired) electrons. The van der Waals surface area contributed by atoms with Gasteiger partial charge in [0.25, 0.3) is 6.04 Å². The molecule has 0 spiro atoms. The lowest BCUT2D eigenvalue weighted by Crippen LogP contribution is -2.21. The van der Waals surface area contributed by atoms with Crippen LogP contribution in [-0.2, 0) is 0 Å². The number of anilines is 2. The molecular weight excluding hydrogens is 306 g/mol. The molecule has 0 bridgehead atoms. The Kier molecular flexibility index (Phi) is 3.29. The number of aromatic amines is 1. The number of aromatic nitrogens is 4. The Hall–Kier alpha value is -3.18. The molecule has 0 unspecified atom stereocenters. The van der Waals surface area contributed by atoms with Gasteiger partial charge < -0.3 is 25.6 Å². The van der Waals surface area contributed by atoms with Crippen LogP contribution in [0.1, 0.15) is 0 Å². The summed E-state index contributed by atoms with van der Waals surface area (Å²) < 4.78 is 0. The molecule has 1 fully saturated rings. The minimum atomic E-state index is -0.650. The number of nitrogens with one attached hydrogen (secondary N) is 1. The first-order valence-electron chi connectivity index (χ1n) is 7.52. The van der Waals surface area contributed by atoms with Crippen molar-refractivity contribution in [1.82, 2.24) is 19.9 Å². The van der Waals surface area contributed by atoms with Gasteiger partial charge in [0.2, 0.25) is 5.95 Å². The SMILES string of the molecule is [C-]#[N+][C@H]1CN(c2ccnc3[nH]cc(-c4ccnc(N)n4)c23)C[C@@H]1O. The van der Waals surface area contributed by atoms with Gasteiger partial charge in [-0.1, -0.05) is 0 Å². The third kappa shape index (κ3) is 2.23. The summed E-state index contributed by atoms with van der Waals surface area (Å²) >= 11 is 0. The molecule has 0 aliphatic carbocycles. The van der Waals surface area contributed by atoms with Crippen molar-refractivity contribution < 1.29 is 5.11 Å². The van der Waals surface area contributed by atoms with Gasteiger partial charge in [-0.15, -0.1) is 0 Å². The summed E-state index contributed by atoms with van der Waals surface area (Å²) in [7, 11) is 0. The number of hydrogen-bond acceptors (Lipinski definition) is 6. The predicted octanol–water partition coefficient (Wildman–Crippen LogP) is 1.07. The molecule has 3 aromatic heterocycles. The van der Waals surface area contributed by atoms with Crippen molar-refractivity contribution in [2.24, 2.45) is 0 Å². The summed E-state index contributed by atoms with van der Waals surface area (Å²) in [6, 6.07) is 3.27. The van der Waals surface area contributed by atoms with Crippen LogP contribution in [0.25, 0.3) is 27.1 Å². The Labute approximate surface area is 137 Å². The number of hydrogen-bond donors (Lipinski definition) is 3. The molecule has 8 nitrogen and oxygen atoms in total. The summed E-state index contributed by atoms with van der Waals surface area (Å²) in [5.41, 5.74) is 8.90. The van der Waals surface area contributed by atoms with Gasteiger partial charge in [-0.25, -0.2) is 21.5 Å². The normalized spacial score (nSPS) is 20.4. The zero-order chi connectivity index (χ0) is 16.7. The van der Waals surface area contributed by atoms with E-state index in [1.807, 2.05) is 17.2 Å². The molecule has 0 aromatic carbocycles. The third-order valence-electron chi connectivity index (χ3n) is 4.27. The molecule has 24 heavy (non-hydrogen) atoms. The van der Waals surface area contributed by atoms with E-state index in [9.17, 15) is 5.11 Å². The largest absolute Gasteiger partial charge is 0.383 e. The molecule has 1 saturated heterocycles. The molecular formula is C16H15N7O. The lowest BCUT2D eigenvalue weighted by atomic mass is 10.1. The second-order valence-corrected chi connectivity index (χ2v) is 5.72. The van der Waals surface area contributed by atoms with E-state index < -0.39 is 12.1 Å². The number of rotatable bonds is 2. The number of β-amino-alcohol motifs (C(OH)–C–C–N with tert-alkyl or cyclic N) is 1. The topological polar surface area (TPSA) is 108 Å². The summed E-state index contributed by atoms with van der Waals surface area (Å²) in [5, 5.41) is 10.9. The van der Waals surface area contributed by atoms with Gasteiger partial charge in [0, 0.05) is 24.2 Å². The molecule has 1 aliphatic rings. The maximum atomic E-state index is 10.1. The van der Waals surface area contributed by atoms with Gasteiger partial charge in [0.1, 0.15) is 11.8 Å². The summed E-state index contributed by atoms with van der Waals surface area (Å²) in [6.07, 6.45) is 4.51. The number of aliphatic hydroxyl groups is 1. The summed E-state index contributed by atoms with van der Waals surface area (Å²) in [5.74, 6) is 0.206. The van der Waals surface area contributed by atoms with Crippen LogP contribution in [0.5, 0.6) is 0 Å². The van der Waals surface area contributed by atoms with Crippen molar-refractivity contribution >= 4 is 22.7 Å². The number of nitrogen functional groups attached to an aromatic ring is 1. The highest BCUT2D eigenvalue weighted by Crippen LogP contribution is 2.35. The summed E-state index contributed by atoms with van der Waals surface area (Å²) in [6.45, 7) is 8.11. The predicted molar refractivity (Wildman–Crippen MR) is 90.1 cm³/mol. The average molecular weight is 321 g/mol. The Morgan fingerprint density at radius 3 is 2.88 bits per heavy atom. The van der Waals surface area contributed by atoms with Crippen LogP contribution in [0.2, 0.25) is 0 Å². The van der Waals surface area contributed by atoms with Gasteiger partial charge in [-0.3, -0.25) is 0 Å². The second-order valence-electron chi connectivity index (χ2n) is 5.72. The van der Waals surface area contributed by atoms with Crippen LogP contribution in [0.15, 0.2) is 30.7 Å². The quantitative estimate of drug-likeness (QED) is 0.609. The van der Waals surface area contributed by atoms with E-state index in [1.165, 1.54) is 0 Å². The van der Waals surface area contributed by atoms with Gasteiger partial charge >= 0.3 is 0 Å². The number of fused-ring (bicyclic) bond motifs is 1. The van der Waals surface area contributed by atoms with Crippen LogP contribution in [-0.4, -0.2) is 50.3 Å². The van der Waals surface area contributed by atoms with Crippen LogP contribution in [0.4, 0.5) is 11.6 Å². The Bertz CT molecular complexity index is 945. The second kappa shape index (κ2) is 5.47. The maximum absolute atomic E-state index is 10.1. The van der Waals surface area contributed by atoms with E-state index >= 15 is 0 Å². The van der Waals surface area contributed by atoms with Crippen LogP contribution in [0.3, 0.4) is 0 Å². The molecule has 1 aliphatic heterocycles. The van der Waals surface area contributed by atoms with Gasteiger partial charge in [0.05, 0.1) is 29.9 Å². The molecule has 8 heteroatoms. The fourth-order valence-electron chi connectivity index (χ4n) is 3.12. The number of nitrogens with two attached hydrogens (primary N) is 1. The van der Waals surface area contributed by atoms with E-state index in [2.05, 4.69) is 24.8 Å². The maximum Gasteiger partial charge on any atom is 0.267 e. The van der Waals surface area contributed by atoms with Crippen molar-refractivity contribution in [2.45, 2.75) is 12.1 Å². The fraction of sp³-hybridized carbons (Fsp3) is 0.250. The fourth-order valence-corrected chi connectivity index (χ4v) is 3.12. The number of aliphatic hydroxyl groups excluding tert-OH is 1. The van der Waals surface area contributed by atoms with Gasteiger partial charge in [-0.2, -0.15) is 0 Å². The first-order chi connectivity index (χ1) is 11.7. The molecule has 120 valence electrons. The van der Waals surface area contributed by atoms with Gasteiger partial charge in [-0.05, 0) is 12.1 Å². The Morgan fingerprint density at radius 2 is 2.12 bits per heavy atom. The molecule has 4 heterocycles. The Balaban J connectivity index is 1.86. The lowest BCUT2D eigenvalue weighted by Gasteiger charge is -2.18. The van der Waals surface area contributed by atoms with Crippen LogP contribution >= 0.6 is 0 Å². The highest BCUT2D eigenvalue weighted by atomic mass is 16.3. The van der Waals surface area contributed by atoms with Crippen molar-refractivity contribution in [3.8, 4) is 11.3 Å². The first-order valence-corrected chi connectivity index (χ1v) is 7.52. The van der Waals surface area contributed by atoms with Crippen LogP contribution < -0.4 is 10.6 Å². The minimum Gasteiger partial charge on any atom is -0.383 e. The monoisotopic (exact) mass is 321 g/mol. The first kappa shape index (κ1) is 14.4. The standard InChI is InChI=1S/C16H15N7O/c1-18-11-7-23(8-13(11)24)12-3-5-19-15-14(12)9(6-21-15)10-2-4-20-16(17)22-10/h2-6,11,13,24H,7-8H2,(H,19,21)(H2,17,20,22)/t11-,13-/m0/s1. The molecule has 0 amide bonds. The molecule has 4 N–H and O–H groups in total. The number of H-pyrrole nitrogens is 1. The van der Waals surface area contributed by atoms with Crippen molar-refractivity contribution in [2.75, 3.05) is 23.7 Å². The molecule has 2 atom stereocenters. The third-order valence-corrected chi connectivity index (χ3v) is 4.27. The molecule has 4 rings (SSSR count). The zero-order valence-corrected chi connectivity index (χ0v) is 12.7. The van der Waals surface area contributed by atoms with Crippen molar-refractivity contribution in [3.05, 3.63) is 42.1 Å².